The van der Waals surface area contributed by atoms with Gasteiger partial charge in [-0.05, 0) is 17.8 Å². The van der Waals surface area contributed by atoms with Crippen molar-refractivity contribution < 1.29 is 18.7 Å². The summed E-state index contributed by atoms with van der Waals surface area (Å²) in [5.74, 6) is 0.943. The largest absolute Gasteiger partial charge is 0.441 e. The Bertz CT molecular complexity index is 546. The van der Waals surface area contributed by atoms with E-state index in [0.717, 1.165) is 30.7 Å². The number of carbonyl (C=O) groups is 2. The van der Waals surface area contributed by atoms with Gasteiger partial charge in [0.05, 0.1) is 18.1 Å². The highest BCUT2D eigenvalue weighted by Crippen LogP contribution is 2.27. The average Bonchev–Trinajstić information content (AvgIpc) is 2.99. The first-order chi connectivity index (χ1) is 9.22. The fourth-order valence-corrected chi connectivity index (χ4v) is 2.59. The predicted octanol–water partition coefficient (Wildman–Crippen LogP) is 1.44. The van der Waals surface area contributed by atoms with Gasteiger partial charge in [-0.15, -0.1) is 0 Å². The molecule has 0 aliphatic carbocycles. The van der Waals surface area contributed by atoms with Gasteiger partial charge < -0.3 is 14.1 Å². The lowest BCUT2D eigenvalue weighted by Gasteiger charge is -2.26. The van der Waals surface area contributed by atoms with Crippen LogP contribution in [0.2, 0.25) is 0 Å². The van der Waals surface area contributed by atoms with Crippen LogP contribution in [0.4, 0.5) is 10.7 Å². The monoisotopic (exact) mass is 280 g/mol. The van der Waals surface area contributed by atoms with Crippen molar-refractivity contribution in [3.8, 4) is 0 Å². The van der Waals surface area contributed by atoms with Gasteiger partial charge >= 0.3 is 0 Å². The fourth-order valence-electron chi connectivity index (χ4n) is 1.92. The molecule has 2 aliphatic rings. The summed E-state index contributed by atoms with van der Waals surface area (Å²) < 4.78 is 10.9. The molecule has 100 valence electrons. The van der Waals surface area contributed by atoms with Crippen molar-refractivity contribution in [2.45, 2.75) is 0 Å². The molecule has 0 spiro atoms. The summed E-state index contributed by atoms with van der Waals surface area (Å²) in [5, 5.41) is 1.85. The Kier molecular flexibility index (Phi) is 3.31. The quantitative estimate of drug-likeness (QED) is 0.826. The Morgan fingerprint density at radius 3 is 2.74 bits per heavy atom. The number of nitrogens with zero attached hydrogens (tertiary/aromatic N) is 1. The van der Waals surface area contributed by atoms with E-state index in [2.05, 4.69) is 10.2 Å². The van der Waals surface area contributed by atoms with E-state index in [1.54, 1.807) is 12.1 Å². The summed E-state index contributed by atoms with van der Waals surface area (Å²) in [4.78, 5) is 24.9. The van der Waals surface area contributed by atoms with Gasteiger partial charge in [0.2, 0.25) is 0 Å². The second-order valence-electron chi connectivity index (χ2n) is 4.13. The molecule has 1 aromatic rings. The number of hydrogen-bond acceptors (Lipinski definition) is 6. The van der Waals surface area contributed by atoms with Gasteiger partial charge in [-0.3, -0.25) is 14.9 Å². The number of hydrogen-bond donors (Lipinski definition) is 1. The molecule has 2 saturated heterocycles. The fraction of sp³-hybridized carbons (Fsp3) is 0.333. The Hall–Kier alpha value is -1.73. The molecule has 0 unspecified atom stereocenters. The Morgan fingerprint density at radius 1 is 1.26 bits per heavy atom. The first kappa shape index (κ1) is 12.3. The molecule has 19 heavy (non-hydrogen) atoms. The van der Waals surface area contributed by atoms with Crippen molar-refractivity contribution >= 4 is 34.9 Å². The van der Waals surface area contributed by atoms with E-state index in [-0.39, 0.29) is 11.1 Å². The number of thioether (sulfide) groups is 1. The molecule has 1 aromatic heterocycles. The van der Waals surface area contributed by atoms with Crippen LogP contribution < -0.4 is 10.2 Å². The van der Waals surface area contributed by atoms with E-state index in [1.165, 1.54) is 0 Å². The molecule has 3 rings (SSSR count). The van der Waals surface area contributed by atoms with Crippen molar-refractivity contribution in [3.63, 3.8) is 0 Å². The molecule has 7 heteroatoms. The standard InChI is InChI=1S/C12H12N2O4S/c15-11-9(19-12(16)13-11)7-8-1-2-10(18-8)14-3-5-17-6-4-14/h1-2,7H,3-6H2,(H,13,15,16)/b9-7+. The van der Waals surface area contributed by atoms with Gasteiger partial charge in [0.15, 0.2) is 5.88 Å². The van der Waals surface area contributed by atoms with Crippen LogP contribution in [0, 0.1) is 0 Å². The van der Waals surface area contributed by atoms with Crippen molar-refractivity contribution in [2.24, 2.45) is 0 Å². The van der Waals surface area contributed by atoms with Gasteiger partial charge in [-0.25, -0.2) is 0 Å². The second kappa shape index (κ2) is 5.10. The molecular weight excluding hydrogens is 268 g/mol. The Balaban J connectivity index is 1.76. The number of amides is 2. The highest BCUT2D eigenvalue weighted by atomic mass is 32.2. The lowest BCUT2D eigenvalue weighted by atomic mass is 10.4. The molecule has 2 fully saturated rings. The number of ether oxygens (including phenoxy) is 1. The van der Waals surface area contributed by atoms with E-state index in [4.69, 9.17) is 9.15 Å². The van der Waals surface area contributed by atoms with Crippen LogP contribution in [-0.4, -0.2) is 37.4 Å². The molecule has 0 atom stereocenters. The molecule has 1 N–H and O–H groups in total. The summed E-state index contributed by atoms with van der Waals surface area (Å²) in [6.45, 7) is 2.95. The summed E-state index contributed by atoms with van der Waals surface area (Å²) in [5.41, 5.74) is 0. The van der Waals surface area contributed by atoms with Gasteiger partial charge in [0.1, 0.15) is 5.76 Å². The maximum Gasteiger partial charge on any atom is 0.290 e. The Morgan fingerprint density at radius 2 is 2.05 bits per heavy atom. The highest BCUT2D eigenvalue weighted by Gasteiger charge is 2.25. The van der Waals surface area contributed by atoms with Crippen LogP contribution >= 0.6 is 11.8 Å². The molecule has 6 nitrogen and oxygen atoms in total. The number of nitrogens with one attached hydrogen (secondary N) is 1. The third-order valence-electron chi connectivity index (χ3n) is 2.85. The maximum atomic E-state index is 11.4. The number of furan rings is 1. The van der Waals surface area contributed by atoms with Crippen LogP contribution in [-0.2, 0) is 9.53 Å². The smallest absolute Gasteiger partial charge is 0.290 e. The number of anilines is 1. The van der Waals surface area contributed by atoms with Crippen LogP contribution in [0.3, 0.4) is 0 Å². The van der Waals surface area contributed by atoms with E-state index in [0.29, 0.717) is 23.9 Å². The third kappa shape index (κ3) is 2.66. The van der Waals surface area contributed by atoms with Gasteiger partial charge in [-0.1, -0.05) is 0 Å². The molecule has 0 bridgehead atoms. The molecule has 0 radical (unpaired) electrons. The Labute approximate surface area is 113 Å². The third-order valence-corrected chi connectivity index (χ3v) is 3.66. The van der Waals surface area contributed by atoms with Crippen LogP contribution in [0.15, 0.2) is 21.5 Å². The van der Waals surface area contributed by atoms with Gasteiger partial charge in [0.25, 0.3) is 11.1 Å². The van der Waals surface area contributed by atoms with Gasteiger partial charge in [-0.2, -0.15) is 0 Å². The molecule has 2 amide bonds. The van der Waals surface area contributed by atoms with Gasteiger partial charge in [0, 0.05) is 25.2 Å². The molecule has 2 aliphatic heterocycles. The lowest BCUT2D eigenvalue weighted by Crippen LogP contribution is -2.35. The number of morpholine rings is 1. The molecule has 0 saturated carbocycles. The zero-order valence-corrected chi connectivity index (χ0v) is 10.9. The number of rotatable bonds is 2. The van der Waals surface area contributed by atoms with Crippen LogP contribution in [0.1, 0.15) is 5.76 Å². The summed E-state index contributed by atoms with van der Waals surface area (Å²) in [6, 6.07) is 3.64. The number of imide groups is 1. The molecular formula is C12H12N2O4S. The minimum atomic E-state index is -0.376. The first-order valence-electron chi connectivity index (χ1n) is 5.90. The number of carbonyl (C=O) groups excluding carboxylic acids is 2. The summed E-state index contributed by atoms with van der Waals surface area (Å²) in [7, 11) is 0. The zero-order chi connectivity index (χ0) is 13.2. The lowest BCUT2D eigenvalue weighted by molar-refractivity contribution is -0.115. The van der Waals surface area contributed by atoms with Crippen molar-refractivity contribution in [1.29, 1.82) is 0 Å². The molecule has 3 heterocycles. The molecule has 0 aromatic carbocycles. The van der Waals surface area contributed by atoms with Crippen LogP contribution in [0.5, 0.6) is 0 Å². The topological polar surface area (TPSA) is 71.8 Å². The second-order valence-corrected chi connectivity index (χ2v) is 5.14. The minimum absolute atomic E-state index is 0.351. The average molecular weight is 280 g/mol. The van der Waals surface area contributed by atoms with E-state index >= 15 is 0 Å². The minimum Gasteiger partial charge on any atom is -0.441 e. The van der Waals surface area contributed by atoms with E-state index in [1.807, 2.05) is 6.07 Å². The first-order valence-corrected chi connectivity index (χ1v) is 6.71. The van der Waals surface area contributed by atoms with Crippen molar-refractivity contribution in [2.75, 3.05) is 31.2 Å². The van der Waals surface area contributed by atoms with E-state index < -0.39 is 0 Å². The summed E-state index contributed by atoms with van der Waals surface area (Å²) >= 11 is 0.881. The summed E-state index contributed by atoms with van der Waals surface area (Å²) in [6.07, 6.45) is 1.58. The maximum absolute atomic E-state index is 11.4. The van der Waals surface area contributed by atoms with Crippen molar-refractivity contribution in [3.05, 3.63) is 22.8 Å². The normalized spacial score (nSPS) is 22.1. The zero-order valence-electron chi connectivity index (χ0n) is 10.0. The van der Waals surface area contributed by atoms with Crippen molar-refractivity contribution in [1.82, 2.24) is 5.32 Å². The van der Waals surface area contributed by atoms with Crippen LogP contribution in [0.25, 0.3) is 6.08 Å². The SMILES string of the molecule is O=C1NC(=O)/C(=C\c2ccc(N3CCOCC3)o2)S1. The highest BCUT2D eigenvalue weighted by molar-refractivity contribution is 8.18. The van der Waals surface area contributed by atoms with E-state index in [9.17, 15) is 9.59 Å². The predicted molar refractivity (Wildman–Crippen MR) is 70.8 cm³/mol.